The van der Waals surface area contributed by atoms with Crippen molar-refractivity contribution in [3.63, 3.8) is 0 Å². The van der Waals surface area contributed by atoms with Crippen molar-refractivity contribution in [3.8, 4) is 0 Å². The molecule has 58 valence electrons. The van der Waals surface area contributed by atoms with Crippen molar-refractivity contribution in [2.75, 3.05) is 0 Å². The number of rotatable bonds is 3. The third-order valence-electron chi connectivity index (χ3n) is 0.973. The molecule has 0 aromatic carbocycles. The number of alkyl halides is 2. The van der Waals surface area contributed by atoms with Gasteiger partial charge in [-0.05, 0) is 6.92 Å². The van der Waals surface area contributed by atoms with Crippen LogP contribution in [0, 0.1) is 0 Å². The molecule has 0 N–H and O–H groups in total. The van der Waals surface area contributed by atoms with E-state index in [-0.39, 0.29) is 12.2 Å². The van der Waals surface area contributed by atoms with Crippen LogP contribution in [0.25, 0.3) is 0 Å². The van der Waals surface area contributed by atoms with E-state index in [1.165, 1.54) is 0 Å². The van der Waals surface area contributed by atoms with Gasteiger partial charge in [0.2, 0.25) is 11.6 Å². The Kier molecular flexibility index (Phi) is 3.73. The summed E-state index contributed by atoms with van der Waals surface area (Å²) in [7, 11) is 0. The molecule has 0 saturated carbocycles. The maximum absolute atomic E-state index is 11.0. The standard InChI is InChI=1S/C6H8Br2O2/c1-3-4(9)5(10)6(2,7)8/h3H2,1-2H3. The second-order valence-corrected chi connectivity index (χ2v) is 6.23. The molecule has 0 spiro atoms. The molecule has 0 amide bonds. The first-order valence-corrected chi connectivity index (χ1v) is 4.43. The number of carbonyl (C=O) groups excluding carboxylic acids is 2. The second-order valence-electron chi connectivity index (χ2n) is 1.99. The van der Waals surface area contributed by atoms with Gasteiger partial charge in [-0.15, -0.1) is 0 Å². The van der Waals surface area contributed by atoms with Gasteiger partial charge in [-0.3, -0.25) is 9.59 Å². The lowest BCUT2D eigenvalue weighted by Crippen LogP contribution is -2.28. The van der Waals surface area contributed by atoms with E-state index >= 15 is 0 Å². The van der Waals surface area contributed by atoms with Crippen LogP contribution < -0.4 is 0 Å². The summed E-state index contributed by atoms with van der Waals surface area (Å²) in [6.07, 6.45) is 0.256. The molecule has 0 saturated heterocycles. The SMILES string of the molecule is CCC(=O)C(=O)C(C)(Br)Br. The van der Waals surface area contributed by atoms with Crippen molar-refractivity contribution in [1.82, 2.24) is 0 Å². The second kappa shape index (κ2) is 3.62. The quantitative estimate of drug-likeness (QED) is 0.582. The maximum atomic E-state index is 11.0. The fraction of sp³-hybridized carbons (Fsp3) is 0.667. The molecule has 0 aromatic heterocycles. The Labute approximate surface area is 76.6 Å². The van der Waals surface area contributed by atoms with Gasteiger partial charge in [0.15, 0.2) is 0 Å². The van der Waals surface area contributed by atoms with Gasteiger partial charge in [0.1, 0.15) is 3.23 Å². The first kappa shape index (κ1) is 10.3. The van der Waals surface area contributed by atoms with Crippen LogP contribution in [0.1, 0.15) is 20.3 Å². The van der Waals surface area contributed by atoms with Crippen LogP contribution in [0.4, 0.5) is 0 Å². The van der Waals surface area contributed by atoms with Gasteiger partial charge in [0.05, 0.1) is 0 Å². The number of halogens is 2. The predicted octanol–water partition coefficient (Wildman–Crippen LogP) is 2.04. The molecule has 0 aliphatic rings. The summed E-state index contributed by atoms with van der Waals surface area (Å²) >= 11 is 6.06. The molecule has 0 rings (SSSR count). The molecular weight excluding hydrogens is 264 g/mol. The highest BCUT2D eigenvalue weighted by Crippen LogP contribution is 2.26. The van der Waals surface area contributed by atoms with Crippen LogP contribution in [0.3, 0.4) is 0 Å². The summed E-state index contributed by atoms with van der Waals surface area (Å²) in [5.41, 5.74) is 0. The topological polar surface area (TPSA) is 34.1 Å². The van der Waals surface area contributed by atoms with Gasteiger partial charge < -0.3 is 0 Å². The van der Waals surface area contributed by atoms with Gasteiger partial charge in [-0.1, -0.05) is 38.8 Å². The molecule has 0 fully saturated rings. The number of hydrogen-bond acceptors (Lipinski definition) is 2. The molecule has 0 heterocycles. The lowest BCUT2D eigenvalue weighted by atomic mass is 10.2. The third kappa shape index (κ3) is 2.92. The maximum Gasteiger partial charge on any atom is 0.225 e. The fourth-order valence-electron chi connectivity index (χ4n) is 0.405. The van der Waals surface area contributed by atoms with E-state index in [0.717, 1.165) is 0 Å². The molecule has 2 nitrogen and oxygen atoms in total. The van der Waals surface area contributed by atoms with Gasteiger partial charge in [0.25, 0.3) is 0 Å². The Balaban J connectivity index is 4.24. The fourth-order valence-corrected chi connectivity index (χ4v) is 0.848. The average molecular weight is 272 g/mol. The largest absolute Gasteiger partial charge is 0.291 e. The molecule has 0 unspecified atom stereocenters. The van der Waals surface area contributed by atoms with Crippen molar-refractivity contribution in [1.29, 1.82) is 0 Å². The van der Waals surface area contributed by atoms with Crippen molar-refractivity contribution < 1.29 is 9.59 Å². The van der Waals surface area contributed by atoms with Crippen LogP contribution in [0.5, 0.6) is 0 Å². The van der Waals surface area contributed by atoms with Crippen LogP contribution >= 0.6 is 31.9 Å². The van der Waals surface area contributed by atoms with E-state index in [1.54, 1.807) is 13.8 Å². The van der Waals surface area contributed by atoms with Crippen LogP contribution in [0.15, 0.2) is 0 Å². The highest BCUT2D eigenvalue weighted by atomic mass is 79.9. The highest BCUT2D eigenvalue weighted by Gasteiger charge is 2.30. The van der Waals surface area contributed by atoms with Gasteiger partial charge >= 0.3 is 0 Å². The molecule has 0 bridgehead atoms. The Bertz CT molecular complexity index is 158. The summed E-state index contributed by atoms with van der Waals surface area (Å²) in [6, 6.07) is 0. The van der Waals surface area contributed by atoms with Crippen LogP contribution in [-0.4, -0.2) is 14.8 Å². The smallest absolute Gasteiger partial charge is 0.225 e. The molecule has 0 aromatic rings. The molecule has 4 heteroatoms. The van der Waals surface area contributed by atoms with E-state index < -0.39 is 9.02 Å². The summed E-state index contributed by atoms with van der Waals surface area (Å²) in [5.74, 6) is -0.800. The van der Waals surface area contributed by atoms with Crippen LogP contribution in [-0.2, 0) is 9.59 Å². The van der Waals surface area contributed by atoms with Gasteiger partial charge in [-0.2, -0.15) is 0 Å². The lowest BCUT2D eigenvalue weighted by Gasteiger charge is -2.09. The number of hydrogen-bond donors (Lipinski definition) is 0. The van der Waals surface area contributed by atoms with E-state index in [1.807, 2.05) is 0 Å². The average Bonchev–Trinajstić information content (AvgIpc) is 1.83. The van der Waals surface area contributed by atoms with E-state index in [0.29, 0.717) is 0 Å². The van der Waals surface area contributed by atoms with Gasteiger partial charge in [-0.25, -0.2) is 0 Å². The lowest BCUT2D eigenvalue weighted by molar-refractivity contribution is -0.136. The molecule has 10 heavy (non-hydrogen) atoms. The normalized spacial score (nSPS) is 11.2. The van der Waals surface area contributed by atoms with E-state index in [4.69, 9.17) is 0 Å². The minimum Gasteiger partial charge on any atom is -0.291 e. The van der Waals surface area contributed by atoms with E-state index in [9.17, 15) is 9.59 Å². The zero-order valence-corrected chi connectivity index (χ0v) is 8.95. The number of carbonyl (C=O) groups is 2. The van der Waals surface area contributed by atoms with Crippen molar-refractivity contribution in [2.45, 2.75) is 23.5 Å². The monoisotopic (exact) mass is 270 g/mol. The zero-order chi connectivity index (χ0) is 8.36. The Morgan fingerprint density at radius 2 is 1.80 bits per heavy atom. The van der Waals surface area contributed by atoms with Crippen molar-refractivity contribution in [3.05, 3.63) is 0 Å². The van der Waals surface area contributed by atoms with Crippen LogP contribution in [0.2, 0.25) is 0 Å². The molecule has 0 radical (unpaired) electrons. The predicted molar refractivity (Wildman–Crippen MR) is 46.6 cm³/mol. The first-order chi connectivity index (χ1) is 4.39. The first-order valence-electron chi connectivity index (χ1n) is 2.85. The van der Waals surface area contributed by atoms with Crippen molar-refractivity contribution >= 4 is 43.4 Å². The van der Waals surface area contributed by atoms with Crippen molar-refractivity contribution in [2.24, 2.45) is 0 Å². The summed E-state index contributed by atoms with van der Waals surface area (Å²) in [4.78, 5) is 21.7. The van der Waals surface area contributed by atoms with Gasteiger partial charge in [0, 0.05) is 6.42 Å². The summed E-state index contributed by atoms with van der Waals surface area (Å²) in [6.45, 7) is 3.24. The zero-order valence-electron chi connectivity index (χ0n) is 5.78. The Morgan fingerprint density at radius 1 is 1.40 bits per heavy atom. The number of Topliss-reactive ketones (excluding diaryl/α,β-unsaturated/α-hetero) is 2. The Hall–Kier alpha value is 0.300. The Morgan fingerprint density at radius 3 is 1.90 bits per heavy atom. The number of ketones is 2. The molecule has 0 aliphatic heterocycles. The molecular formula is C6H8Br2O2. The third-order valence-corrected chi connectivity index (χ3v) is 1.69. The van der Waals surface area contributed by atoms with E-state index in [2.05, 4.69) is 31.9 Å². The minimum absolute atomic E-state index is 0.256. The summed E-state index contributed by atoms with van der Waals surface area (Å²) in [5, 5.41) is 0. The minimum atomic E-state index is -0.882. The highest BCUT2D eigenvalue weighted by molar-refractivity contribution is 9.26. The summed E-state index contributed by atoms with van der Waals surface area (Å²) < 4.78 is -0.882. The molecule has 0 atom stereocenters. The molecule has 0 aliphatic carbocycles.